The van der Waals surface area contributed by atoms with Crippen LogP contribution in [0.15, 0.2) is 48.8 Å². The predicted octanol–water partition coefficient (Wildman–Crippen LogP) is 4.50. The minimum absolute atomic E-state index is 0.420. The standard InChI is InChI=1S/C19H20N2O3/c1-19(2,3)24-18(22)21-16(11-14-9-10-20-12-17(14)21)13-5-7-15(23-4)8-6-13/h5-12H,1-4H3. The Balaban J connectivity index is 2.15. The Hall–Kier alpha value is -2.82. The molecule has 5 heteroatoms. The Morgan fingerprint density at radius 1 is 1.12 bits per heavy atom. The van der Waals surface area contributed by atoms with E-state index < -0.39 is 11.7 Å². The highest BCUT2D eigenvalue weighted by Gasteiger charge is 2.22. The molecule has 0 fully saturated rings. The number of aromatic nitrogens is 2. The van der Waals surface area contributed by atoms with E-state index >= 15 is 0 Å². The van der Waals surface area contributed by atoms with Crippen molar-refractivity contribution in [2.75, 3.05) is 7.11 Å². The number of rotatable bonds is 2. The molecule has 0 atom stereocenters. The number of hydrogen-bond acceptors (Lipinski definition) is 4. The number of carbonyl (C=O) groups is 1. The molecule has 0 unspecified atom stereocenters. The Morgan fingerprint density at radius 2 is 1.83 bits per heavy atom. The van der Waals surface area contributed by atoms with Crippen molar-refractivity contribution < 1.29 is 14.3 Å². The lowest BCUT2D eigenvalue weighted by Gasteiger charge is -2.21. The van der Waals surface area contributed by atoms with Gasteiger partial charge in [0.1, 0.15) is 11.4 Å². The van der Waals surface area contributed by atoms with Crippen LogP contribution in [0.2, 0.25) is 0 Å². The highest BCUT2D eigenvalue weighted by molar-refractivity contribution is 5.95. The molecule has 3 rings (SSSR count). The Morgan fingerprint density at radius 3 is 2.46 bits per heavy atom. The van der Waals surface area contributed by atoms with E-state index in [2.05, 4.69) is 4.98 Å². The molecule has 0 amide bonds. The quantitative estimate of drug-likeness (QED) is 0.696. The summed E-state index contributed by atoms with van der Waals surface area (Å²) in [5, 5.41) is 0.932. The number of ether oxygens (including phenoxy) is 2. The summed E-state index contributed by atoms with van der Waals surface area (Å²) in [6.45, 7) is 5.55. The number of pyridine rings is 1. The van der Waals surface area contributed by atoms with Crippen LogP contribution in [0, 0.1) is 0 Å². The maximum atomic E-state index is 12.7. The second-order valence-corrected chi connectivity index (χ2v) is 6.51. The lowest BCUT2D eigenvalue weighted by Crippen LogP contribution is -2.27. The molecule has 1 aromatic carbocycles. The van der Waals surface area contributed by atoms with Crippen LogP contribution in [0.1, 0.15) is 20.8 Å². The number of methoxy groups -OCH3 is 1. The van der Waals surface area contributed by atoms with E-state index in [1.807, 2.05) is 57.2 Å². The minimum atomic E-state index is -0.576. The summed E-state index contributed by atoms with van der Waals surface area (Å²) in [4.78, 5) is 16.9. The van der Waals surface area contributed by atoms with Crippen LogP contribution in [0.25, 0.3) is 22.2 Å². The number of fused-ring (bicyclic) bond motifs is 1. The summed E-state index contributed by atoms with van der Waals surface area (Å²) in [6, 6.07) is 11.4. The summed E-state index contributed by atoms with van der Waals surface area (Å²) < 4.78 is 12.3. The first-order valence-corrected chi connectivity index (χ1v) is 7.72. The van der Waals surface area contributed by atoms with Crippen LogP contribution in [0.5, 0.6) is 5.75 Å². The zero-order valence-electron chi connectivity index (χ0n) is 14.2. The number of benzene rings is 1. The van der Waals surface area contributed by atoms with E-state index in [9.17, 15) is 4.79 Å². The van der Waals surface area contributed by atoms with E-state index in [0.29, 0.717) is 0 Å². The Kier molecular flexibility index (Phi) is 4.01. The van der Waals surface area contributed by atoms with Gasteiger partial charge in [-0.2, -0.15) is 0 Å². The summed E-state index contributed by atoms with van der Waals surface area (Å²) >= 11 is 0. The van der Waals surface area contributed by atoms with Crippen LogP contribution in [-0.4, -0.2) is 28.4 Å². The molecule has 0 saturated carbocycles. The van der Waals surface area contributed by atoms with Gasteiger partial charge in [0, 0.05) is 11.6 Å². The maximum absolute atomic E-state index is 12.7. The predicted molar refractivity (Wildman–Crippen MR) is 93.4 cm³/mol. The number of nitrogens with zero attached hydrogens (tertiary/aromatic N) is 2. The molecule has 0 radical (unpaired) electrons. The van der Waals surface area contributed by atoms with Gasteiger partial charge in [0.15, 0.2) is 0 Å². The zero-order valence-corrected chi connectivity index (χ0v) is 14.2. The van der Waals surface area contributed by atoms with Crippen molar-refractivity contribution in [1.29, 1.82) is 0 Å². The summed E-state index contributed by atoms with van der Waals surface area (Å²) in [5.74, 6) is 0.764. The van der Waals surface area contributed by atoms with Gasteiger partial charge in [0.25, 0.3) is 0 Å². The van der Waals surface area contributed by atoms with Crippen LogP contribution >= 0.6 is 0 Å². The first kappa shape index (κ1) is 16.1. The van der Waals surface area contributed by atoms with Crippen molar-refractivity contribution in [3.63, 3.8) is 0 Å². The van der Waals surface area contributed by atoms with E-state index in [4.69, 9.17) is 9.47 Å². The third-order valence-electron chi connectivity index (χ3n) is 3.57. The summed E-state index contributed by atoms with van der Waals surface area (Å²) in [5.41, 5.74) is 1.80. The molecule has 0 aliphatic heterocycles. The monoisotopic (exact) mass is 324 g/mol. The lowest BCUT2D eigenvalue weighted by molar-refractivity contribution is 0.0547. The molecule has 3 aromatic rings. The van der Waals surface area contributed by atoms with Gasteiger partial charge < -0.3 is 9.47 Å². The molecule has 5 nitrogen and oxygen atoms in total. The largest absolute Gasteiger partial charge is 0.497 e. The Labute approximate surface area is 140 Å². The van der Waals surface area contributed by atoms with Crippen molar-refractivity contribution in [2.45, 2.75) is 26.4 Å². The number of carbonyl (C=O) groups excluding carboxylic acids is 1. The van der Waals surface area contributed by atoms with Crippen LogP contribution in [0.4, 0.5) is 4.79 Å². The molecule has 2 heterocycles. The van der Waals surface area contributed by atoms with Crippen molar-refractivity contribution >= 4 is 17.0 Å². The van der Waals surface area contributed by atoms with Gasteiger partial charge in [0.2, 0.25) is 0 Å². The third kappa shape index (κ3) is 3.11. The second kappa shape index (κ2) is 6.00. The summed E-state index contributed by atoms with van der Waals surface area (Å²) in [6.07, 6.45) is 2.96. The Bertz CT molecular complexity index is 874. The second-order valence-electron chi connectivity index (χ2n) is 6.51. The maximum Gasteiger partial charge on any atom is 0.419 e. The van der Waals surface area contributed by atoms with Gasteiger partial charge in [-0.05, 0) is 62.7 Å². The van der Waals surface area contributed by atoms with Gasteiger partial charge in [-0.3, -0.25) is 4.98 Å². The summed E-state index contributed by atoms with van der Waals surface area (Å²) in [7, 11) is 1.62. The lowest BCUT2D eigenvalue weighted by atomic mass is 10.1. The minimum Gasteiger partial charge on any atom is -0.497 e. The highest BCUT2D eigenvalue weighted by atomic mass is 16.6. The molecule has 124 valence electrons. The smallest absolute Gasteiger partial charge is 0.419 e. The fraction of sp³-hybridized carbons (Fsp3) is 0.263. The molecule has 0 bridgehead atoms. The molecule has 0 N–H and O–H groups in total. The van der Waals surface area contributed by atoms with Crippen LogP contribution in [-0.2, 0) is 4.74 Å². The first-order chi connectivity index (χ1) is 11.4. The topological polar surface area (TPSA) is 53.4 Å². The van der Waals surface area contributed by atoms with Gasteiger partial charge in [-0.1, -0.05) is 0 Å². The van der Waals surface area contributed by atoms with Crippen molar-refractivity contribution in [2.24, 2.45) is 0 Å². The van der Waals surface area contributed by atoms with Crippen molar-refractivity contribution in [3.8, 4) is 17.0 Å². The average molecular weight is 324 g/mol. The molecular weight excluding hydrogens is 304 g/mol. The van der Waals surface area contributed by atoms with Gasteiger partial charge in [-0.25, -0.2) is 9.36 Å². The molecule has 0 aliphatic rings. The molecule has 24 heavy (non-hydrogen) atoms. The molecular formula is C19H20N2O3. The van der Waals surface area contributed by atoms with Gasteiger partial charge in [0.05, 0.1) is 24.5 Å². The van der Waals surface area contributed by atoms with Gasteiger partial charge in [-0.15, -0.1) is 0 Å². The zero-order chi connectivity index (χ0) is 17.3. The molecule has 0 aliphatic carbocycles. The molecule has 0 saturated heterocycles. The fourth-order valence-corrected chi connectivity index (χ4v) is 2.53. The van der Waals surface area contributed by atoms with E-state index in [1.54, 1.807) is 24.1 Å². The average Bonchev–Trinajstić information content (AvgIpc) is 2.93. The fourth-order valence-electron chi connectivity index (χ4n) is 2.53. The number of hydrogen-bond donors (Lipinski definition) is 0. The third-order valence-corrected chi connectivity index (χ3v) is 3.57. The molecule has 0 spiro atoms. The normalized spacial score (nSPS) is 11.5. The van der Waals surface area contributed by atoms with E-state index in [1.165, 1.54) is 0 Å². The van der Waals surface area contributed by atoms with Gasteiger partial charge >= 0.3 is 6.09 Å². The van der Waals surface area contributed by atoms with Crippen molar-refractivity contribution in [3.05, 3.63) is 48.8 Å². The van der Waals surface area contributed by atoms with Crippen molar-refractivity contribution in [1.82, 2.24) is 9.55 Å². The van der Waals surface area contributed by atoms with E-state index in [0.717, 1.165) is 27.9 Å². The van der Waals surface area contributed by atoms with E-state index in [-0.39, 0.29) is 0 Å². The van der Waals surface area contributed by atoms with Crippen LogP contribution in [0.3, 0.4) is 0 Å². The highest BCUT2D eigenvalue weighted by Crippen LogP contribution is 2.30. The SMILES string of the molecule is COc1ccc(-c2cc3ccncc3n2C(=O)OC(C)(C)C)cc1. The first-order valence-electron chi connectivity index (χ1n) is 7.72. The molecule has 2 aromatic heterocycles. The van der Waals surface area contributed by atoms with Crippen LogP contribution < -0.4 is 4.74 Å².